The summed E-state index contributed by atoms with van der Waals surface area (Å²) in [6.45, 7) is 1.20. The Labute approximate surface area is 334 Å². The highest BCUT2D eigenvalue weighted by atomic mass is 16.6. The minimum Gasteiger partial charge on any atom is -0.497 e. The van der Waals surface area contributed by atoms with Crippen molar-refractivity contribution in [1.82, 2.24) is 5.32 Å². The molecule has 0 aliphatic carbocycles. The molecule has 304 valence electrons. The molecular weight excluding hydrogens is 730 g/mol. The number of nitrogens with one attached hydrogen (secondary N) is 2. The number of methoxy groups -OCH3 is 6. The third kappa shape index (κ3) is 9.89. The van der Waals surface area contributed by atoms with Crippen LogP contribution in [0.15, 0.2) is 71.9 Å². The lowest BCUT2D eigenvalue weighted by Gasteiger charge is -2.28. The van der Waals surface area contributed by atoms with E-state index in [0.717, 1.165) is 73.0 Å². The number of carbonyl (C=O) groups is 1. The summed E-state index contributed by atoms with van der Waals surface area (Å²) in [6, 6.07) is 20.8. The molecule has 2 aliphatic rings. The van der Waals surface area contributed by atoms with Crippen molar-refractivity contribution in [2.24, 2.45) is 5.16 Å². The third-order valence-corrected chi connectivity index (χ3v) is 10.1. The normalized spacial score (nSPS) is 15.6. The van der Waals surface area contributed by atoms with Crippen molar-refractivity contribution in [1.29, 1.82) is 0 Å². The zero-order valence-electron chi connectivity index (χ0n) is 33.6. The Bertz CT molecular complexity index is 1990. The zero-order valence-corrected chi connectivity index (χ0v) is 33.6. The van der Waals surface area contributed by atoms with Crippen LogP contribution < -0.4 is 48.5 Å². The number of carbonyl (C=O) groups excluding carboxylic acids is 1. The summed E-state index contributed by atoms with van der Waals surface area (Å²) >= 11 is 0. The Kier molecular flexibility index (Phi) is 14.1. The van der Waals surface area contributed by atoms with Crippen LogP contribution in [0.3, 0.4) is 0 Å². The first kappa shape index (κ1) is 40.7. The Morgan fingerprint density at radius 1 is 0.596 bits per heavy atom. The van der Waals surface area contributed by atoms with E-state index in [2.05, 4.69) is 15.8 Å². The highest BCUT2D eigenvalue weighted by molar-refractivity contribution is 6.03. The van der Waals surface area contributed by atoms with Gasteiger partial charge in [0.1, 0.15) is 11.9 Å². The van der Waals surface area contributed by atoms with Crippen molar-refractivity contribution in [2.75, 3.05) is 61.2 Å². The summed E-state index contributed by atoms with van der Waals surface area (Å²) in [5, 5.41) is 10.8. The fourth-order valence-electron chi connectivity index (χ4n) is 6.95. The van der Waals surface area contributed by atoms with Gasteiger partial charge in [-0.2, -0.15) is 0 Å². The molecule has 0 aromatic heterocycles. The molecule has 2 unspecified atom stereocenters. The lowest BCUT2D eigenvalue weighted by molar-refractivity contribution is 0.0854. The molecule has 4 aromatic rings. The largest absolute Gasteiger partial charge is 0.497 e. The highest BCUT2D eigenvalue weighted by Crippen LogP contribution is 2.41. The van der Waals surface area contributed by atoms with Crippen LogP contribution in [0.2, 0.25) is 0 Å². The molecule has 2 atom stereocenters. The van der Waals surface area contributed by atoms with Crippen LogP contribution in [-0.4, -0.2) is 67.5 Å². The average molecular weight is 784 g/mol. The van der Waals surface area contributed by atoms with Crippen molar-refractivity contribution in [3.63, 3.8) is 0 Å². The van der Waals surface area contributed by atoms with Crippen LogP contribution in [0, 0.1) is 0 Å². The summed E-state index contributed by atoms with van der Waals surface area (Å²) in [6.07, 6.45) is 7.40. The second-order valence-electron chi connectivity index (χ2n) is 13.7. The molecule has 0 radical (unpaired) electrons. The van der Waals surface area contributed by atoms with Gasteiger partial charge in [-0.3, -0.25) is 4.79 Å². The second-order valence-corrected chi connectivity index (χ2v) is 13.7. The zero-order chi connectivity index (χ0) is 40.1. The number of unbranched alkanes of at least 4 members (excludes halogenated alkanes) is 6. The molecular formula is C44H53N3O10. The minimum absolute atomic E-state index is 0.168. The first-order valence-corrected chi connectivity index (χ1v) is 19.3. The number of amides is 1. The number of rotatable bonds is 21. The fraction of sp³-hybridized carbons (Fsp3) is 0.409. The summed E-state index contributed by atoms with van der Waals surface area (Å²) in [5.41, 5.74) is 4.74. The molecule has 1 amide bonds. The maximum Gasteiger partial charge on any atom is 0.255 e. The van der Waals surface area contributed by atoms with Crippen molar-refractivity contribution in [3.05, 3.63) is 89.0 Å². The van der Waals surface area contributed by atoms with Crippen LogP contribution in [0.25, 0.3) is 0 Å². The maximum absolute atomic E-state index is 12.8. The van der Waals surface area contributed by atoms with Crippen LogP contribution in [0.4, 0.5) is 5.69 Å². The Balaban J connectivity index is 0.879. The van der Waals surface area contributed by atoms with Gasteiger partial charge < -0.3 is 53.4 Å². The van der Waals surface area contributed by atoms with Gasteiger partial charge in [-0.1, -0.05) is 49.4 Å². The SMILES string of the molecule is COc1ccc2c(c1)C(=O)NC(c1ccc(OCCCCCCCCCOc3cc(C4CC(c5cc(OC)c(OC)c(OC)c5)=NO4)ccc3OC)c(OC)c1)N2. The predicted octanol–water partition coefficient (Wildman–Crippen LogP) is 8.65. The number of hydrogen-bond acceptors (Lipinski definition) is 12. The lowest BCUT2D eigenvalue weighted by Crippen LogP contribution is -2.38. The molecule has 2 N–H and O–H groups in total. The Morgan fingerprint density at radius 2 is 1.21 bits per heavy atom. The van der Waals surface area contributed by atoms with Crippen LogP contribution in [0.1, 0.15) is 90.7 Å². The van der Waals surface area contributed by atoms with E-state index in [1.165, 1.54) is 0 Å². The van der Waals surface area contributed by atoms with Gasteiger partial charge >= 0.3 is 0 Å². The van der Waals surface area contributed by atoms with Gasteiger partial charge in [-0.05, 0) is 78.6 Å². The standard InChI is InChI=1S/C44H53N3O10/c1-49-31-16-17-33-32(26-31)44(48)46-43(45-33)29-15-19-36(38(23-29)51-3)55-20-12-10-8-7-9-11-13-21-56-39-22-28(14-18-35(39)50-2)37-27-34(47-57-37)30-24-40(52-4)42(54-6)41(25-30)53-5/h14-19,22-26,37,43,45H,7-13,20-21,27H2,1-6H3,(H,46,48). The molecule has 57 heavy (non-hydrogen) atoms. The molecule has 2 heterocycles. The first-order chi connectivity index (χ1) is 27.9. The quantitative estimate of drug-likeness (QED) is 0.0786. The molecule has 0 fully saturated rings. The number of hydrogen-bond donors (Lipinski definition) is 2. The molecule has 6 rings (SSSR count). The van der Waals surface area contributed by atoms with Crippen LogP contribution in [0.5, 0.6) is 46.0 Å². The third-order valence-electron chi connectivity index (χ3n) is 10.1. The topological polar surface area (TPSA) is 137 Å². The Hall–Kier alpha value is -5.98. The van der Waals surface area contributed by atoms with E-state index in [1.54, 1.807) is 48.7 Å². The predicted molar refractivity (Wildman–Crippen MR) is 217 cm³/mol. The van der Waals surface area contributed by atoms with E-state index >= 15 is 0 Å². The summed E-state index contributed by atoms with van der Waals surface area (Å²) in [4.78, 5) is 18.7. The molecule has 0 spiro atoms. The van der Waals surface area contributed by atoms with Crippen molar-refractivity contribution >= 4 is 17.3 Å². The second kappa shape index (κ2) is 19.7. The van der Waals surface area contributed by atoms with E-state index < -0.39 is 6.17 Å². The summed E-state index contributed by atoms with van der Waals surface area (Å²) in [7, 11) is 9.61. The van der Waals surface area contributed by atoms with E-state index in [1.807, 2.05) is 60.7 Å². The van der Waals surface area contributed by atoms with Gasteiger partial charge in [0.2, 0.25) is 5.75 Å². The minimum atomic E-state index is -0.396. The fourth-order valence-corrected chi connectivity index (χ4v) is 6.95. The van der Waals surface area contributed by atoms with Gasteiger partial charge in [0, 0.05) is 17.7 Å². The van der Waals surface area contributed by atoms with Crippen LogP contribution >= 0.6 is 0 Å². The number of benzene rings is 4. The number of anilines is 1. The van der Waals surface area contributed by atoms with E-state index in [4.69, 9.17) is 42.7 Å². The van der Waals surface area contributed by atoms with Crippen LogP contribution in [-0.2, 0) is 4.84 Å². The van der Waals surface area contributed by atoms with E-state index in [9.17, 15) is 4.79 Å². The first-order valence-electron chi connectivity index (χ1n) is 19.3. The molecule has 0 saturated heterocycles. The van der Waals surface area contributed by atoms with Gasteiger partial charge in [-0.15, -0.1) is 0 Å². The van der Waals surface area contributed by atoms with Crippen molar-refractivity contribution < 1.29 is 47.5 Å². The number of fused-ring (bicyclic) bond motifs is 1. The van der Waals surface area contributed by atoms with Crippen molar-refractivity contribution in [2.45, 2.75) is 63.6 Å². The van der Waals surface area contributed by atoms with Gasteiger partial charge in [0.15, 0.2) is 40.6 Å². The average Bonchev–Trinajstić information content (AvgIpc) is 3.75. The molecule has 13 nitrogen and oxygen atoms in total. The van der Waals surface area contributed by atoms with Crippen molar-refractivity contribution in [3.8, 4) is 46.0 Å². The molecule has 4 aromatic carbocycles. The van der Waals surface area contributed by atoms with Gasteiger partial charge in [-0.25, -0.2) is 0 Å². The summed E-state index contributed by atoms with van der Waals surface area (Å²) in [5.74, 6) is 4.79. The van der Waals surface area contributed by atoms with E-state index in [-0.39, 0.29) is 12.0 Å². The lowest BCUT2D eigenvalue weighted by atomic mass is 9.99. The molecule has 0 saturated carbocycles. The number of oxime groups is 1. The molecule has 2 aliphatic heterocycles. The van der Waals surface area contributed by atoms with E-state index in [0.29, 0.717) is 71.2 Å². The molecule has 13 heteroatoms. The highest BCUT2D eigenvalue weighted by Gasteiger charge is 2.28. The maximum atomic E-state index is 12.8. The summed E-state index contributed by atoms with van der Waals surface area (Å²) < 4.78 is 45.3. The smallest absolute Gasteiger partial charge is 0.255 e. The monoisotopic (exact) mass is 783 g/mol. The Morgan fingerprint density at radius 3 is 1.86 bits per heavy atom. The number of ether oxygens (including phenoxy) is 8. The molecule has 0 bridgehead atoms. The van der Waals surface area contributed by atoms with Gasteiger partial charge in [0.25, 0.3) is 5.91 Å². The number of nitrogens with zero attached hydrogens (tertiary/aromatic N) is 1. The van der Waals surface area contributed by atoms with Gasteiger partial charge in [0.05, 0.1) is 67.1 Å².